The predicted molar refractivity (Wildman–Crippen MR) is 195 cm³/mol. The van der Waals surface area contributed by atoms with Gasteiger partial charge in [-0.05, 0) is 64.0 Å². The second-order valence-corrected chi connectivity index (χ2v) is 17.3. The Morgan fingerprint density at radius 2 is 1.67 bits per heavy atom. The third-order valence-corrected chi connectivity index (χ3v) is 12.3. The van der Waals surface area contributed by atoms with Gasteiger partial charge in [-0.3, -0.25) is 9.59 Å². The van der Waals surface area contributed by atoms with E-state index in [9.17, 15) is 39.3 Å². The molecule has 2 heterocycles. The number of hydrogen-bond acceptors (Lipinski definition) is 14. The number of alkyl carbamates (subject to hydrolysis) is 1. The van der Waals surface area contributed by atoms with Crippen molar-refractivity contribution in [2.45, 2.75) is 128 Å². The maximum atomic E-state index is 16.4. The Morgan fingerprint density at radius 1 is 1.02 bits per heavy atom. The van der Waals surface area contributed by atoms with Crippen LogP contribution in [0.15, 0.2) is 64.5 Å². The molecule has 0 radical (unpaired) electrons. The van der Waals surface area contributed by atoms with E-state index in [2.05, 4.69) is 0 Å². The number of ether oxygens (including phenoxy) is 5. The molecule has 0 spiro atoms. The standard InChI is InChI=1S/C41H49F2NO14/c1-20-24(55-34(50)41(42,43)30(23-14-15-53-18-23)44-35(51)58-36(3,4)5)17-40(52)32(56-33(49)22-12-10-9-11-13-22)29-38(8,31(48)28(47)27(20)37(40,6)7)25(46)16-26-39(29,19-54-26)57-21(2)45/h9-15,18,24-26,28-30,32,46-47,52H,16-17,19H2,1-8H3,(H,44,51)/t24-,25-,26+,28+,29-,30+,32-,38+,39-,40+/m0/s1. The summed E-state index contributed by atoms with van der Waals surface area (Å²) in [6.45, 7) is 10.8. The molecule has 6 rings (SSSR count). The van der Waals surface area contributed by atoms with Crippen LogP contribution in [0.2, 0.25) is 0 Å². The molecule has 0 unspecified atom stereocenters. The molecule has 1 saturated heterocycles. The number of Topliss-reactive ketones (excluding diaryl/α,β-unsaturated/α-hetero) is 1. The van der Waals surface area contributed by atoms with Gasteiger partial charge in [0.25, 0.3) is 0 Å². The monoisotopic (exact) mass is 817 g/mol. The molecule has 17 heteroatoms. The molecule has 316 valence electrons. The summed E-state index contributed by atoms with van der Waals surface area (Å²) in [5.74, 6) is -11.2. The van der Waals surface area contributed by atoms with E-state index in [1.807, 2.05) is 5.32 Å². The normalized spacial score (nSPS) is 33.5. The van der Waals surface area contributed by atoms with Crippen molar-refractivity contribution in [2.75, 3.05) is 6.61 Å². The number of nitrogens with one attached hydrogen (secondary N) is 1. The van der Waals surface area contributed by atoms with Gasteiger partial charge >= 0.3 is 29.9 Å². The first kappa shape index (κ1) is 42.9. The molecule has 1 aromatic heterocycles. The third-order valence-electron chi connectivity index (χ3n) is 12.3. The van der Waals surface area contributed by atoms with E-state index in [-0.39, 0.29) is 35.3 Å². The maximum absolute atomic E-state index is 16.4. The zero-order valence-corrected chi connectivity index (χ0v) is 33.4. The Hall–Kier alpha value is -4.71. The number of fused-ring (bicyclic) bond motifs is 5. The summed E-state index contributed by atoms with van der Waals surface area (Å²) in [6, 6.07) is 6.29. The Balaban J connectivity index is 1.50. The molecule has 1 amide bonds. The number of furan rings is 1. The van der Waals surface area contributed by atoms with E-state index in [1.165, 1.54) is 60.6 Å². The van der Waals surface area contributed by atoms with Crippen molar-refractivity contribution in [3.05, 3.63) is 71.2 Å². The molecule has 15 nitrogen and oxygen atoms in total. The molecule has 3 fully saturated rings. The van der Waals surface area contributed by atoms with Crippen LogP contribution in [-0.2, 0) is 38.1 Å². The summed E-state index contributed by atoms with van der Waals surface area (Å²) in [5, 5.41) is 39.2. The molecule has 2 saturated carbocycles. The summed E-state index contributed by atoms with van der Waals surface area (Å²) in [5.41, 5.74) is -9.99. The zero-order chi connectivity index (χ0) is 43.0. The third kappa shape index (κ3) is 6.78. The summed E-state index contributed by atoms with van der Waals surface area (Å²) < 4.78 is 66.4. The zero-order valence-electron chi connectivity index (χ0n) is 33.4. The van der Waals surface area contributed by atoms with Gasteiger partial charge in [-0.15, -0.1) is 0 Å². The fourth-order valence-electron chi connectivity index (χ4n) is 9.35. The quantitative estimate of drug-likeness (QED) is 0.168. The van der Waals surface area contributed by atoms with E-state index in [0.717, 1.165) is 25.5 Å². The van der Waals surface area contributed by atoms with Gasteiger partial charge in [0.2, 0.25) is 0 Å². The van der Waals surface area contributed by atoms with E-state index in [0.29, 0.717) is 0 Å². The lowest BCUT2D eigenvalue weighted by atomic mass is 9.44. The number of hydrogen-bond donors (Lipinski definition) is 4. The van der Waals surface area contributed by atoms with Crippen LogP contribution in [0, 0.1) is 16.7 Å². The first-order valence-corrected chi connectivity index (χ1v) is 18.8. The van der Waals surface area contributed by atoms with Crippen LogP contribution in [0.4, 0.5) is 13.6 Å². The Labute approximate surface area is 333 Å². The number of carbonyl (C=O) groups is 5. The number of aliphatic hydroxyl groups is 3. The molecule has 1 aliphatic heterocycles. The van der Waals surface area contributed by atoms with Gasteiger partial charge in [0, 0.05) is 30.7 Å². The van der Waals surface area contributed by atoms with Crippen molar-refractivity contribution in [3.8, 4) is 0 Å². The summed E-state index contributed by atoms with van der Waals surface area (Å²) in [4.78, 5) is 68.3. The maximum Gasteiger partial charge on any atom is 0.408 e. The molecule has 4 N–H and O–H groups in total. The van der Waals surface area contributed by atoms with Crippen LogP contribution >= 0.6 is 0 Å². The highest BCUT2D eigenvalue weighted by Crippen LogP contribution is 2.64. The first-order chi connectivity index (χ1) is 26.8. The van der Waals surface area contributed by atoms with Crippen LogP contribution in [0.25, 0.3) is 0 Å². The van der Waals surface area contributed by atoms with Crippen LogP contribution < -0.4 is 5.32 Å². The minimum atomic E-state index is -4.54. The Bertz CT molecular complexity index is 1990. The van der Waals surface area contributed by atoms with Crippen LogP contribution in [0.1, 0.15) is 90.2 Å². The number of benzene rings is 1. The van der Waals surface area contributed by atoms with Crippen LogP contribution in [0.5, 0.6) is 0 Å². The molecule has 4 aliphatic rings. The van der Waals surface area contributed by atoms with Gasteiger partial charge in [-0.1, -0.05) is 32.0 Å². The minimum Gasteiger partial charge on any atom is -0.472 e. The van der Waals surface area contributed by atoms with E-state index in [4.69, 9.17) is 28.1 Å². The Morgan fingerprint density at radius 3 is 2.22 bits per heavy atom. The second kappa shape index (κ2) is 14.5. The van der Waals surface area contributed by atoms with Crippen molar-refractivity contribution in [1.29, 1.82) is 0 Å². The molecular weight excluding hydrogens is 768 g/mol. The van der Waals surface area contributed by atoms with Crippen molar-refractivity contribution in [3.63, 3.8) is 0 Å². The lowest BCUT2D eigenvalue weighted by Gasteiger charge is -2.67. The van der Waals surface area contributed by atoms with Gasteiger partial charge < -0.3 is 48.7 Å². The largest absolute Gasteiger partial charge is 0.472 e. The fourth-order valence-corrected chi connectivity index (χ4v) is 9.35. The van der Waals surface area contributed by atoms with Gasteiger partial charge in [0.1, 0.15) is 41.7 Å². The average Bonchev–Trinajstić information content (AvgIpc) is 3.66. The molecule has 3 aliphatic carbocycles. The number of amides is 1. The van der Waals surface area contributed by atoms with Crippen molar-refractivity contribution >= 4 is 29.8 Å². The van der Waals surface area contributed by atoms with Crippen LogP contribution in [-0.4, -0.2) is 105 Å². The van der Waals surface area contributed by atoms with E-state index < -0.39 is 112 Å². The SMILES string of the molecule is CC(=O)O[C@@]12CO[C@@H]1C[C@H](O)[C@@]1(C)C(=O)[C@H](O)C3=C(C)[C@@H](OC(=O)C(F)(F)[C@H](NC(=O)OC(C)(C)C)c4ccoc4)C[C@@](O)([C@@H](OC(=O)c4ccccc4)[C@H]21)C3(C)C. The summed E-state index contributed by atoms with van der Waals surface area (Å²) >= 11 is 0. The minimum absolute atomic E-state index is 0.00600. The van der Waals surface area contributed by atoms with Crippen molar-refractivity contribution < 1.29 is 76.2 Å². The molecule has 10 atom stereocenters. The van der Waals surface area contributed by atoms with Crippen LogP contribution in [0.3, 0.4) is 0 Å². The number of esters is 3. The topological polar surface area (TPSA) is 217 Å². The summed E-state index contributed by atoms with van der Waals surface area (Å²) in [6.07, 6.45) is -8.96. The molecular formula is C41H49F2NO14. The Kier molecular flexibility index (Phi) is 10.7. The molecule has 58 heavy (non-hydrogen) atoms. The summed E-state index contributed by atoms with van der Waals surface area (Å²) in [7, 11) is 0. The lowest BCUT2D eigenvalue weighted by molar-refractivity contribution is -0.346. The van der Waals surface area contributed by atoms with Crippen molar-refractivity contribution in [2.24, 2.45) is 16.7 Å². The highest BCUT2D eigenvalue weighted by molar-refractivity contribution is 5.94. The molecule has 1 aromatic carbocycles. The first-order valence-electron chi connectivity index (χ1n) is 18.8. The van der Waals surface area contributed by atoms with Gasteiger partial charge in [0.05, 0.1) is 42.1 Å². The highest BCUT2D eigenvalue weighted by atomic mass is 19.3. The number of rotatable bonds is 8. The number of halogens is 2. The lowest BCUT2D eigenvalue weighted by Crippen LogP contribution is -2.81. The van der Waals surface area contributed by atoms with E-state index >= 15 is 8.78 Å². The smallest absolute Gasteiger partial charge is 0.408 e. The van der Waals surface area contributed by atoms with Gasteiger partial charge in [-0.25, -0.2) is 14.4 Å². The average molecular weight is 818 g/mol. The van der Waals surface area contributed by atoms with Crippen molar-refractivity contribution in [1.82, 2.24) is 5.32 Å². The van der Waals surface area contributed by atoms with E-state index in [1.54, 1.807) is 18.2 Å². The molecule has 2 bridgehead atoms. The van der Waals surface area contributed by atoms with Gasteiger partial charge in [-0.2, -0.15) is 8.78 Å². The number of alkyl halides is 2. The number of aliphatic hydroxyl groups excluding tert-OH is 2. The highest BCUT2D eigenvalue weighted by Gasteiger charge is 2.78. The predicted octanol–water partition coefficient (Wildman–Crippen LogP) is 4.13. The number of carbonyl (C=O) groups excluding carboxylic acids is 5. The fraction of sp³-hybridized carbons (Fsp3) is 0.585. The van der Waals surface area contributed by atoms with Gasteiger partial charge in [0.15, 0.2) is 11.4 Å². The number of ketones is 1. The second-order valence-electron chi connectivity index (χ2n) is 17.3. The molecule has 2 aromatic rings.